The number of likely N-dealkylation sites (tertiary alicyclic amines) is 1. The third-order valence-electron chi connectivity index (χ3n) is 8.67. The van der Waals surface area contributed by atoms with E-state index < -0.39 is 47.1 Å². The third kappa shape index (κ3) is 6.84. The zero-order chi connectivity index (χ0) is 34.0. The summed E-state index contributed by atoms with van der Waals surface area (Å²) in [5.74, 6) is -1.87. The van der Waals surface area contributed by atoms with Gasteiger partial charge in [0.2, 0.25) is 11.5 Å². The summed E-state index contributed by atoms with van der Waals surface area (Å²) in [6.07, 6.45) is -1.88. The number of nitrogens with two attached hydrogens (primary N) is 1. The smallest absolute Gasteiger partial charge is 0.424 e. The minimum absolute atomic E-state index is 0.0273. The Balaban J connectivity index is 1.41. The number of primary amides is 1. The lowest BCUT2D eigenvalue weighted by molar-refractivity contribution is -0.265. The van der Waals surface area contributed by atoms with Gasteiger partial charge in [-0.05, 0) is 81.4 Å². The molecular formula is C33H36F4N4O6. The van der Waals surface area contributed by atoms with Gasteiger partial charge in [-0.25, -0.2) is 9.37 Å². The fourth-order valence-electron chi connectivity index (χ4n) is 5.64. The average Bonchev–Trinajstić information content (AvgIpc) is 3.41. The van der Waals surface area contributed by atoms with Crippen LogP contribution in [0.3, 0.4) is 0 Å². The van der Waals surface area contributed by atoms with Gasteiger partial charge in [0.15, 0.2) is 11.5 Å². The van der Waals surface area contributed by atoms with Crippen molar-refractivity contribution in [2.24, 2.45) is 5.73 Å². The van der Waals surface area contributed by atoms with Crippen LogP contribution in [0.25, 0.3) is 11.3 Å². The Bertz CT molecular complexity index is 1630. The molecule has 2 aliphatic rings. The number of nitrogens with zero attached hydrogens (tertiary/aromatic N) is 2. The van der Waals surface area contributed by atoms with Crippen molar-refractivity contribution in [3.63, 3.8) is 0 Å². The summed E-state index contributed by atoms with van der Waals surface area (Å²) in [6.45, 7) is 2.85. The van der Waals surface area contributed by atoms with Crippen molar-refractivity contribution in [2.45, 2.75) is 43.4 Å². The van der Waals surface area contributed by atoms with E-state index in [1.807, 2.05) is 0 Å². The van der Waals surface area contributed by atoms with Crippen LogP contribution in [0.5, 0.6) is 17.2 Å². The molecular weight excluding hydrogens is 624 g/mol. The van der Waals surface area contributed by atoms with E-state index in [0.717, 1.165) is 44.1 Å². The zero-order valence-electron chi connectivity index (χ0n) is 26.0. The number of pyridine rings is 1. The second kappa shape index (κ2) is 13.4. The van der Waals surface area contributed by atoms with Crippen LogP contribution < -0.4 is 25.3 Å². The molecule has 0 aliphatic carbocycles. The first kappa shape index (κ1) is 33.9. The molecule has 3 heterocycles. The van der Waals surface area contributed by atoms with Crippen molar-refractivity contribution in [2.75, 3.05) is 46.5 Å². The van der Waals surface area contributed by atoms with E-state index in [9.17, 15) is 32.3 Å². The zero-order valence-corrected chi connectivity index (χ0v) is 26.0. The molecule has 2 amide bonds. The van der Waals surface area contributed by atoms with Crippen LogP contribution in [0.15, 0.2) is 48.5 Å². The molecule has 1 saturated heterocycles. The summed E-state index contributed by atoms with van der Waals surface area (Å²) < 4.78 is 74.7. The SMILES string of the molecule is COc1cc(C(=O)NCC(O)(c2cc3c(c(-c4ccc(F)cc4)n2)OC[C@]3(C)C(N)=O)C(F)(F)F)ccc1OCCN1CCCCC1. The van der Waals surface area contributed by atoms with Crippen LogP contribution in [-0.4, -0.2) is 79.5 Å². The van der Waals surface area contributed by atoms with Crippen LogP contribution in [-0.2, 0) is 15.8 Å². The van der Waals surface area contributed by atoms with Gasteiger partial charge in [-0.1, -0.05) is 6.42 Å². The molecule has 0 spiro atoms. The van der Waals surface area contributed by atoms with E-state index in [1.165, 1.54) is 50.8 Å². The minimum atomic E-state index is -5.35. The number of rotatable bonds is 11. The van der Waals surface area contributed by atoms with Crippen molar-refractivity contribution in [1.29, 1.82) is 0 Å². The third-order valence-corrected chi connectivity index (χ3v) is 8.67. The Morgan fingerprint density at radius 1 is 1.09 bits per heavy atom. The molecule has 2 atom stereocenters. The van der Waals surface area contributed by atoms with Gasteiger partial charge < -0.3 is 30.4 Å². The topological polar surface area (TPSA) is 136 Å². The summed E-state index contributed by atoms with van der Waals surface area (Å²) >= 11 is 0. The lowest BCUT2D eigenvalue weighted by Crippen LogP contribution is -2.51. The Morgan fingerprint density at radius 2 is 1.79 bits per heavy atom. The van der Waals surface area contributed by atoms with Crippen molar-refractivity contribution in [3.05, 3.63) is 71.2 Å². The van der Waals surface area contributed by atoms with Crippen molar-refractivity contribution in [1.82, 2.24) is 15.2 Å². The Hall–Kier alpha value is -4.43. The Kier molecular flexibility index (Phi) is 9.64. The first-order valence-corrected chi connectivity index (χ1v) is 15.1. The highest BCUT2D eigenvalue weighted by Gasteiger charge is 2.57. The molecule has 4 N–H and O–H groups in total. The molecule has 1 aromatic heterocycles. The van der Waals surface area contributed by atoms with Crippen LogP contribution in [0.1, 0.15) is 47.8 Å². The maximum atomic E-state index is 14.7. The van der Waals surface area contributed by atoms with Gasteiger partial charge in [-0.15, -0.1) is 0 Å². The van der Waals surface area contributed by atoms with E-state index in [0.29, 0.717) is 18.9 Å². The van der Waals surface area contributed by atoms with Gasteiger partial charge in [-0.3, -0.25) is 14.5 Å². The van der Waals surface area contributed by atoms with E-state index in [-0.39, 0.29) is 40.5 Å². The predicted octanol–water partition coefficient (Wildman–Crippen LogP) is 4.08. The summed E-state index contributed by atoms with van der Waals surface area (Å²) in [6, 6.07) is 9.79. The van der Waals surface area contributed by atoms with Gasteiger partial charge in [-0.2, -0.15) is 13.2 Å². The fourth-order valence-corrected chi connectivity index (χ4v) is 5.64. The maximum absolute atomic E-state index is 14.7. The van der Waals surface area contributed by atoms with Gasteiger partial charge >= 0.3 is 6.18 Å². The molecule has 14 heteroatoms. The molecule has 0 radical (unpaired) electrons. The number of hydrogen-bond donors (Lipinski definition) is 3. The first-order valence-electron chi connectivity index (χ1n) is 15.1. The van der Waals surface area contributed by atoms with Gasteiger partial charge in [0, 0.05) is 23.2 Å². The second-order valence-corrected chi connectivity index (χ2v) is 11.9. The van der Waals surface area contributed by atoms with Crippen LogP contribution >= 0.6 is 0 Å². The van der Waals surface area contributed by atoms with Crippen molar-refractivity contribution < 1.29 is 46.5 Å². The number of halogens is 4. The molecule has 5 rings (SSSR count). The van der Waals surface area contributed by atoms with Crippen molar-refractivity contribution in [3.8, 4) is 28.5 Å². The molecule has 2 aliphatic heterocycles. The number of amides is 2. The number of hydrogen-bond acceptors (Lipinski definition) is 8. The molecule has 1 unspecified atom stereocenters. The molecule has 252 valence electrons. The number of nitrogens with one attached hydrogen (secondary N) is 1. The van der Waals surface area contributed by atoms with E-state index in [2.05, 4.69) is 15.2 Å². The molecule has 10 nitrogen and oxygen atoms in total. The lowest BCUT2D eigenvalue weighted by Gasteiger charge is -2.31. The number of fused-ring (bicyclic) bond motifs is 1. The Morgan fingerprint density at radius 3 is 2.43 bits per heavy atom. The maximum Gasteiger partial charge on any atom is 0.424 e. The number of benzene rings is 2. The Labute approximate surface area is 268 Å². The van der Waals surface area contributed by atoms with Gasteiger partial charge in [0.05, 0.1) is 19.3 Å². The van der Waals surface area contributed by atoms with Crippen LogP contribution in [0, 0.1) is 5.82 Å². The molecule has 1 fully saturated rings. The minimum Gasteiger partial charge on any atom is -0.493 e. The van der Waals surface area contributed by atoms with Gasteiger partial charge in [0.25, 0.3) is 5.91 Å². The van der Waals surface area contributed by atoms with Crippen LogP contribution in [0.2, 0.25) is 0 Å². The molecule has 0 saturated carbocycles. The van der Waals surface area contributed by atoms with Crippen LogP contribution in [0.4, 0.5) is 17.6 Å². The highest BCUT2D eigenvalue weighted by molar-refractivity contribution is 5.95. The highest BCUT2D eigenvalue weighted by atomic mass is 19.4. The van der Waals surface area contributed by atoms with Crippen molar-refractivity contribution >= 4 is 11.8 Å². The summed E-state index contributed by atoms with van der Waals surface area (Å²) in [4.78, 5) is 31.9. The largest absolute Gasteiger partial charge is 0.493 e. The normalized spacial score (nSPS) is 19.3. The predicted molar refractivity (Wildman–Crippen MR) is 163 cm³/mol. The molecule has 0 bridgehead atoms. The standard InChI is InChI=1S/C33H36F4N4O6/c1-31(30(38)43)19-47-28-23(31)17-26(40-27(28)20-6-9-22(34)10-7-20)32(44,33(35,36)37)18-39-29(42)21-8-11-24(25(16-21)45-2)46-15-14-41-12-4-3-5-13-41/h6-11,16-17,44H,3-5,12-15,18-19H2,1-2H3,(H2,38,43)(H,39,42)/t31-,32?/m0/s1. The second-order valence-electron chi connectivity index (χ2n) is 11.9. The molecule has 3 aromatic rings. The number of methoxy groups -OCH3 is 1. The molecule has 2 aromatic carbocycles. The van der Waals surface area contributed by atoms with E-state index in [1.54, 1.807) is 0 Å². The van der Waals surface area contributed by atoms with E-state index >= 15 is 0 Å². The number of aliphatic hydroxyl groups is 1. The highest BCUT2D eigenvalue weighted by Crippen LogP contribution is 2.47. The number of carbonyl (C=O) groups is 2. The summed E-state index contributed by atoms with van der Waals surface area (Å²) in [7, 11) is 1.37. The van der Waals surface area contributed by atoms with Gasteiger partial charge in [0.1, 0.15) is 35.9 Å². The number of carbonyl (C=O) groups excluding carboxylic acids is 2. The summed E-state index contributed by atoms with van der Waals surface area (Å²) in [5.41, 5.74) is -0.691. The fraction of sp³-hybridized carbons (Fsp3) is 0.424. The molecule has 47 heavy (non-hydrogen) atoms. The number of alkyl halides is 3. The number of piperidine rings is 1. The average molecular weight is 661 g/mol. The quantitative estimate of drug-likeness (QED) is 0.262. The summed E-state index contributed by atoms with van der Waals surface area (Å²) in [5, 5.41) is 13.4. The first-order chi connectivity index (χ1) is 22.3. The lowest BCUT2D eigenvalue weighted by atomic mass is 9.81. The van der Waals surface area contributed by atoms with E-state index in [4.69, 9.17) is 19.9 Å². The number of ether oxygens (including phenoxy) is 3. The monoisotopic (exact) mass is 660 g/mol. The number of aromatic nitrogens is 1.